The second-order valence-corrected chi connectivity index (χ2v) is 10.6. The third-order valence-electron chi connectivity index (χ3n) is 7.02. The van der Waals surface area contributed by atoms with Crippen molar-refractivity contribution in [2.45, 2.75) is 50.2 Å². The van der Waals surface area contributed by atoms with E-state index in [-0.39, 0.29) is 36.9 Å². The molecule has 0 bridgehead atoms. The number of H-pyrrole nitrogens is 1. The highest BCUT2D eigenvalue weighted by Gasteiger charge is 2.26. The fourth-order valence-corrected chi connectivity index (χ4v) is 4.66. The number of rotatable bonds is 17. The van der Waals surface area contributed by atoms with Gasteiger partial charge in [-0.25, -0.2) is 0 Å². The Morgan fingerprint density at radius 2 is 1.46 bits per heavy atom. The summed E-state index contributed by atoms with van der Waals surface area (Å²) in [7, 11) is 0. The van der Waals surface area contributed by atoms with E-state index in [0.717, 1.165) is 16.5 Å². The first-order chi connectivity index (χ1) is 21.9. The number of nitrogens with zero attached hydrogens (tertiary/aromatic N) is 2. The van der Waals surface area contributed by atoms with Crippen LogP contribution in [0.5, 0.6) is 0 Å². The van der Waals surface area contributed by atoms with Crippen LogP contribution in [0.15, 0.2) is 64.7 Å². The van der Waals surface area contributed by atoms with Gasteiger partial charge in [0, 0.05) is 47.9 Å². The quantitative estimate of drug-likeness (QED) is 0.0486. The number of fused-ring (bicyclic) bond motifs is 1. The molecule has 0 spiro atoms. The monoisotopic (exact) mass is 634 g/mol. The first-order valence-corrected chi connectivity index (χ1v) is 14.7. The van der Waals surface area contributed by atoms with Crippen LogP contribution in [0.3, 0.4) is 0 Å². The summed E-state index contributed by atoms with van der Waals surface area (Å²) in [5, 5.41) is 9.04. The number of primary amides is 1. The number of benzene rings is 2. The molecule has 0 aliphatic carbocycles. The van der Waals surface area contributed by atoms with Crippen molar-refractivity contribution < 1.29 is 19.2 Å². The molecule has 3 aromatic rings. The molecule has 3 atom stereocenters. The van der Waals surface area contributed by atoms with Crippen LogP contribution in [-0.2, 0) is 20.8 Å². The SMILES string of the molecule is NC(=O)C(CCCN=C(N)N)NC(=O)c1cccc(NC(=O)C(Cc2c[nH]c3ccccc23)NC(=O)C(N)CCCN=C(N)N)c1. The highest BCUT2D eigenvalue weighted by molar-refractivity contribution is 6.01. The minimum Gasteiger partial charge on any atom is -0.370 e. The van der Waals surface area contributed by atoms with Crippen molar-refractivity contribution in [3.63, 3.8) is 0 Å². The molecule has 0 saturated heterocycles. The number of para-hydroxylation sites is 1. The molecule has 0 aliphatic heterocycles. The number of aromatic amines is 1. The van der Waals surface area contributed by atoms with Crippen LogP contribution in [-0.4, -0.2) is 71.7 Å². The Kier molecular flexibility index (Phi) is 12.9. The summed E-state index contributed by atoms with van der Waals surface area (Å²) < 4.78 is 0. The number of hydrogen-bond acceptors (Lipinski definition) is 7. The first kappa shape index (κ1) is 34.8. The molecule has 246 valence electrons. The topological polar surface area (TPSA) is 301 Å². The van der Waals surface area contributed by atoms with Gasteiger partial charge < -0.3 is 55.3 Å². The number of aliphatic imine (C=N–C) groups is 2. The lowest BCUT2D eigenvalue weighted by atomic mass is 10.0. The molecule has 0 aliphatic rings. The van der Waals surface area contributed by atoms with Crippen molar-refractivity contribution in [1.29, 1.82) is 0 Å². The smallest absolute Gasteiger partial charge is 0.252 e. The van der Waals surface area contributed by atoms with Gasteiger partial charge in [-0.2, -0.15) is 0 Å². The maximum absolute atomic E-state index is 13.6. The third-order valence-corrected chi connectivity index (χ3v) is 7.02. The minimum atomic E-state index is -1.02. The fourth-order valence-electron chi connectivity index (χ4n) is 4.66. The predicted octanol–water partition coefficient (Wildman–Crippen LogP) is -1.15. The Bertz CT molecular complexity index is 1580. The Morgan fingerprint density at radius 3 is 2.13 bits per heavy atom. The van der Waals surface area contributed by atoms with Crippen molar-refractivity contribution in [3.8, 4) is 0 Å². The zero-order chi connectivity index (χ0) is 33.6. The summed E-state index contributed by atoms with van der Waals surface area (Å²) in [5.41, 5.74) is 35.1. The van der Waals surface area contributed by atoms with Crippen LogP contribution in [0.4, 0.5) is 5.69 Å². The summed E-state index contributed by atoms with van der Waals surface area (Å²) in [5.74, 6) is -2.47. The Hall–Kier alpha value is -5.64. The van der Waals surface area contributed by atoms with E-state index >= 15 is 0 Å². The summed E-state index contributed by atoms with van der Waals surface area (Å²) >= 11 is 0. The molecule has 3 rings (SSSR count). The summed E-state index contributed by atoms with van der Waals surface area (Å²) in [6, 6.07) is 10.8. The van der Waals surface area contributed by atoms with Crippen molar-refractivity contribution in [1.82, 2.24) is 15.6 Å². The molecular formula is C30H42N12O4. The van der Waals surface area contributed by atoms with Gasteiger partial charge in [0.05, 0.1) is 6.04 Å². The molecule has 16 N–H and O–H groups in total. The van der Waals surface area contributed by atoms with Crippen LogP contribution in [0.2, 0.25) is 0 Å². The molecule has 0 saturated carbocycles. The second-order valence-electron chi connectivity index (χ2n) is 10.6. The minimum absolute atomic E-state index is 0.0535. The molecule has 46 heavy (non-hydrogen) atoms. The largest absolute Gasteiger partial charge is 0.370 e. The lowest BCUT2D eigenvalue weighted by Gasteiger charge is -2.21. The average molecular weight is 635 g/mol. The number of carbonyl (C=O) groups is 4. The highest BCUT2D eigenvalue weighted by Crippen LogP contribution is 2.20. The normalized spacial score (nSPS) is 12.7. The van der Waals surface area contributed by atoms with Crippen LogP contribution in [0, 0.1) is 0 Å². The van der Waals surface area contributed by atoms with E-state index < -0.39 is 41.8 Å². The first-order valence-electron chi connectivity index (χ1n) is 14.7. The standard InChI is InChI=1S/C30H42N12O4/c31-21(9-4-12-37-29(33)34)27(45)42-24(15-18-16-39-22-10-2-1-8-20(18)22)28(46)40-19-7-3-6-17(14-19)26(44)41-23(25(32)43)11-5-13-38-30(35)36/h1-3,6-8,10,14,16,21,23-24,39H,4-5,9,11-13,15,31H2,(H2,32,43)(H,40,46)(H,41,44)(H,42,45)(H4,33,34,37)(H4,35,36,38). The van der Waals surface area contributed by atoms with Gasteiger partial charge in [-0.15, -0.1) is 0 Å². The number of aromatic nitrogens is 1. The van der Waals surface area contributed by atoms with Gasteiger partial charge in [0.25, 0.3) is 5.91 Å². The van der Waals surface area contributed by atoms with Crippen LogP contribution in [0.25, 0.3) is 10.9 Å². The fraction of sp³-hybridized carbons (Fsp3) is 0.333. The molecule has 0 radical (unpaired) electrons. The van der Waals surface area contributed by atoms with Crippen LogP contribution < -0.4 is 50.4 Å². The van der Waals surface area contributed by atoms with Gasteiger partial charge in [0.15, 0.2) is 11.9 Å². The van der Waals surface area contributed by atoms with Gasteiger partial charge in [0.2, 0.25) is 17.7 Å². The maximum atomic E-state index is 13.6. The van der Waals surface area contributed by atoms with Crippen molar-refractivity contribution in [2.75, 3.05) is 18.4 Å². The third kappa shape index (κ3) is 10.8. The van der Waals surface area contributed by atoms with Gasteiger partial charge in [-0.05, 0) is 55.5 Å². The van der Waals surface area contributed by atoms with E-state index in [1.807, 2.05) is 24.3 Å². The van der Waals surface area contributed by atoms with Crippen molar-refractivity contribution >= 4 is 52.1 Å². The predicted molar refractivity (Wildman–Crippen MR) is 177 cm³/mol. The van der Waals surface area contributed by atoms with Crippen molar-refractivity contribution in [2.24, 2.45) is 44.4 Å². The Labute approximate surface area is 265 Å². The summed E-state index contributed by atoms with van der Waals surface area (Å²) in [4.78, 5) is 62.5. The molecule has 4 amide bonds. The molecule has 2 aromatic carbocycles. The summed E-state index contributed by atoms with van der Waals surface area (Å²) in [6.07, 6.45) is 3.33. The molecule has 16 heteroatoms. The molecular weight excluding hydrogens is 592 g/mol. The molecule has 3 unspecified atom stereocenters. The molecule has 16 nitrogen and oxygen atoms in total. The number of guanidine groups is 2. The molecule has 1 heterocycles. The van der Waals surface area contributed by atoms with Gasteiger partial charge in [-0.1, -0.05) is 24.3 Å². The van der Waals surface area contributed by atoms with E-state index in [1.165, 1.54) is 12.1 Å². The lowest BCUT2D eigenvalue weighted by molar-refractivity contribution is -0.127. The lowest BCUT2D eigenvalue weighted by Crippen LogP contribution is -2.51. The second kappa shape index (κ2) is 17.0. The zero-order valence-electron chi connectivity index (χ0n) is 25.4. The molecule has 0 fully saturated rings. The average Bonchev–Trinajstić information content (AvgIpc) is 3.42. The van der Waals surface area contributed by atoms with E-state index in [2.05, 4.69) is 30.9 Å². The number of nitrogens with two attached hydrogens (primary N) is 6. The number of nitrogens with one attached hydrogen (secondary N) is 4. The van der Waals surface area contributed by atoms with Crippen molar-refractivity contribution in [3.05, 3.63) is 65.9 Å². The number of carbonyl (C=O) groups excluding carboxylic acids is 4. The van der Waals surface area contributed by atoms with Gasteiger partial charge in [0.1, 0.15) is 12.1 Å². The zero-order valence-corrected chi connectivity index (χ0v) is 25.4. The maximum Gasteiger partial charge on any atom is 0.252 e. The number of hydrogen-bond donors (Lipinski definition) is 10. The van der Waals surface area contributed by atoms with E-state index in [4.69, 9.17) is 34.4 Å². The highest BCUT2D eigenvalue weighted by atomic mass is 16.2. The van der Waals surface area contributed by atoms with Crippen LogP contribution in [0.1, 0.15) is 41.6 Å². The summed E-state index contributed by atoms with van der Waals surface area (Å²) in [6.45, 7) is 0.577. The van der Waals surface area contributed by atoms with Crippen LogP contribution >= 0.6 is 0 Å². The van der Waals surface area contributed by atoms with E-state index in [1.54, 1.807) is 18.3 Å². The molecule has 1 aromatic heterocycles. The Morgan fingerprint density at radius 1 is 0.783 bits per heavy atom. The van der Waals surface area contributed by atoms with E-state index in [0.29, 0.717) is 31.5 Å². The van der Waals surface area contributed by atoms with Gasteiger partial charge >= 0.3 is 0 Å². The van der Waals surface area contributed by atoms with E-state index in [9.17, 15) is 19.2 Å². The number of anilines is 1. The number of amides is 4. The Balaban J connectivity index is 1.73. The van der Waals surface area contributed by atoms with Gasteiger partial charge in [-0.3, -0.25) is 29.2 Å².